The van der Waals surface area contributed by atoms with Crippen molar-refractivity contribution in [2.24, 2.45) is 34.8 Å². The minimum atomic E-state index is -1.76. The molecular formula is C89H137N25O24S. The van der Waals surface area contributed by atoms with Gasteiger partial charge in [-0.3, -0.25) is 96.5 Å². The van der Waals surface area contributed by atoms with E-state index in [2.05, 4.69) is 105 Å². The fourth-order valence-corrected chi connectivity index (χ4v) is 14.7. The number of aromatic nitrogens is 3. The maximum absolute atomic E-state index is 14.5. The number of aromatic amines is 2. The number of rotatable bonds is 63. The number of ether oxygens (including phenoxy) is 3. The normalized spacial score (nSPS) is 16.4. The maximum Gasteiger partial charge on any atom is 0.305 e. The van der Waals surface area contributed by atoms with Crippen molar-refractivity contribution in [3.63, 3.8) is 0 Å². The third kappa shape index (κ3) is 45.5. The summed E-state index contributed by atoms with van der Waals surface area (Å²) in [4.78, 5) is 269. The molecule has 1 fully saturated rings. The number of aromatic hydroxyl groups is 1. The number of fused-ring (bicyclic) bond motifs is 1. The zero-order valence-corrected chi connectivity index (χ0v) is 79.9. The van der Waals surface area contributed by atoms with Crippen LogP contribution in [0, 0.1) is 17.2 Å². The minimum absolute atomic E-state index is 0.0265. The molecule has 0 saturated carbocycles. The van der Waals surface area contributed by atoms with Gasteiger partial charge in [-0.05, 0) is 131 Å². The van der Waals surface area contributed by atoms with Gasteiger partial charge in [-0.25, -0.2) is 4.98 Å². The number of primary amides is 2. The number of hydrogen-bond donors (Lipinski definition) is 26. The molecule has 50 heteroatoms. The molecule has 4 aromatic rings. The van der Waals surface area contributed by atoms with E-state index in [0.29, 0.717) is 59.5 Å². The molecule has 2 aromatic heterocycles. The van der Waals surface area contributed by atoms with E-state index in [4.69, 9.17) is 42.6 Å². The molecule has 0 unspecified atom stereocenters. The van der Waals surface area contributed by atoms with Crippen LogP contribution in [0.4, 0.5) is 0 Å². The van der Waals surface area contributed by atoms with Gasteiger partial charge in [-0.2, -0.15) is 11.8 Å². The molecule has 1 aliphatic rings. The Balaban J connectivity index is 1.21. The number of carbonyl (C=O) groups is 19. The van der Waals surface area contributed by atoms with Crippen LogP contribution < -0.4 is 113 Å². The number of nitrogens with two attached hydrogens (primary N) is 4. The van der Waals surface area contributed by atoms with Crippen molar-refractivity contribution in [2.45, 2.75) is 229 Å². The highest BCUT2D eigenvalue weighted by molar-refractivity contribution is 7.98. The number of guanidine groups is 1. The first-order chi connectivity index (χ1) is 66.2. The highest BCUT2D eigenvalue weighted by Gasteiger charge is 2.38. The number of nitrogens with one attached hydrogen (secondary N) is 20. The number of carboxylic acid groups (broad SMARTS) is 1. The predicted octanol–water partition coefficient (Wildman–Crippen LogP) is -5.60. The summed E-state index contributed by atoms with van der Waals surface area (Å²) in [5, 5.41) is 71.8. The molecule has 0 bridgehead atoms. The molecule has 49 nitrogen and oxygen atoms in total. The van der Waals surface area contributed by atoms with Crippen molar-refractivity contribution in [3.05, 3.63) is 84.1 Å². The van der Waals surface area contributed by atoms with Crippen LogP contribution in [0.1, 0.15) is 154 Å². The van der Waals surface area contributed by atoms with Crippen molar-refractivity contribution in [1.29, 1.82) is 5.41 Å². The summed E-state index contributed by atoms with van der Waals surface area (Å²) in [6.07, 6.45) is 4.57. The molecule has 0 spiro atoms. The fourth-order valence-electron chi connectivity index (χ4n) is 14.2. The summed E-state index contributed by atoms with van der Waals surface area (Å²) in [6, 6.07) is -4.06. The van der Waals surface area contributed by atoms with Crippen LogP contribution in [-0.2, 0) is 125 Å². The van der Waals surface area contributed by atoms with Gasteiger partial charge in [-0.15, -0.1) is 0 Å². The number of phenols is 1. The quantitative estimate of drug-likeness (QED) is 0.0111. The van der Waals surface area contributed by atoms with Gasteiger partial charge in [0.15, 0.2) is 5.96 Å². The van der Waals surface area contributed by atoms with Crippen LogP contribution >= 0.6 is 11.8 Å². The average Bonchev–Trinajstić information content (AvgIpc) is 1.65. The van der Waals surface area contributed by atoms with Crippen LogP contribution in [0.15, 0.2) is 67.3 Å². The van der Waals surface area contributed by atoms with E-state index in [1.807, 2.05) is 20.1 Å². The topological polar surface area (TPSA) is 769 Å². The Morgan fingerprint density at radius 2 is 1.12 bits per heavy atom. The largest absolute Gasteiger partial charge is 0.508 e. The Labute approximate surface area is 808 Å². The third-order valence-electron chi connectivity index (χ3n) is 21.6. The van der Waals surface area contributed by atoms with E-state index in [-0.39, 0.29) is 166 Å². The monoisotopic (exact) mass is 1970 g/mol. The lowest BCUT2D eigenvalue weighted by atomic mass is 10.0. The molecule has 12 atom stereocenters. The summed E-state index contributed by atoms with van der Waals surface area (Å²) in [5.41, 5.74) is 24.0. The molecule has 5 rings (SSSR count). The Morgan fingerprint density at radius 3 is 1.78 bits per heavy atom. The molecule has 768 valence electrons. The number of carbonyl (C=O) groups excluding carboxylic acids is 18. The van der Waals surface area contributed by atoms with Gasteiger partial charge in [0.2, 0.25) is 106 Å². The summed E-state index contributed by atoms with van der Waals surface area (Å²) in [5.74, 6) is -17.1. The number of para-hydroxylation sites is 1. The van der Waals surface area contributed by atoms with Crippen molar-refractivity contribution in [1.82, 2.24) is 105 Å². The number of imidazole rings is 1. The molecule has 18 amide bonds. The molecule has 2 aromatic carbocycles. The van der Waals surface area contributed by atoms with Crippen LogP contribution in [0.5, 0.6) is 5.75 Å². The van der Waals surface area contributed by atoms with Crippen LogP contribution in [0.2, 0.25) is 0 Å². The van der Waals surface area contributed by atoms with Gasteiger partial charge in [0.25, 0.3) is 0 Å². The zero-order chi connectivity index (χ0) is 102. The second-order valence-corrected chi connectivity index (χ2v) is 34.9. The van der Waals surface area contributed by atoms with Gasteiger partial charge < -0.3 is 148 Å². The van der Waals surface area contributed by atoms with E-state index in [9.17, 15) is 101 Å². The van der Waals surface area contributed by atoms with Gasteiger partial charge in [0, 0.05) is 88.0 Å². The Kier molecular flexibility index (Phi) is 52.5. The SMILES string of the molecule is CSCC[C@@H](NC(=O)[C@H](CC(C)C)NC(=O)[C@@H](Cc1c[nH]cn1)NC(=O)CNC(=O)[C@H](NC(=O)[C@H](C)NC(=O)[C@@H](Cc1c[nH]c2ccccc12)NC(=O)[C@H](CCC(N)=O)NC(=O)CCCCCNC(=O)CC[C@H](NC(=O)COCCOCCOCCN)C(=O)NCCCC[C@H]1NC(=O)[C@@H](CCCNC(=N)N)NC(=O)CNC(=O)[C@@H](CC(=O)O)NC(=O)[C@H](Cc2ccc(O)cc2)NC1=O)C(C)C)C(N)=O. The summed E-state index contributed by atoms with van der Waals surface area (Å²) in [7, 11) is 0. The number of thioether (sulfide) groups is 1. The first-order valence-electron chi connectivity index (χ1n) is 46.0. The summed E-state index contributed by atoms with van der Waals surface area (Å²) >= 11 is 1.44. The average molecular weight is 1970 g/mol. The van der Waals surface area contributed by atoms with Crippen LogP contribution in [0.25, 0.3) is 10.9 Å². The van der Waals surface area contributed by atoms with E-state index in [0.717, 1.165) is 0 Å². The lowest BCUT2D eigenvalue weighted by Crippen LogP contribution is -2.59. The molecule has 0 aliphatic carbocycles. The Bertz CT molecular complexity index is 4740. The number of unbranched alkanes of at least 4 members (excludes halogenated alkanes) is 3. The second-order valence-electron chi connectivity index (χ2n) is 33.9. The van der Waals surface area contributed by atoms with Crippen LogP contribution in [0.3, 0.4) is 0 Å². The van der Waals surface area contributed by atoms with Crippen molar-refractivity contribution in [3.8, 4) is 5.75 Å². The molecule has 1 saturated heterocycles. The Hall–Kier alpha value is -13.6. The molecule has 3 heterocycles. The van der Waals surface area contributed by atoms with Gasteiger partial charge >= 0.3 is 5.97 Å². The molecule has 1 aliphatic heterocycles. The maximum atomic E-state index is 14.5. The number of carboxylic acids is 1. The number of hydrogen-bond acceptors (Lipinski definition) is 27. The number of amides is 18. The predicted molar refractivity (Wildman–Crippen MR) is 506 cm³/mol. The number of aliphatic carboxylic acids is 1. The van der Waals surface area contributed by atoms with Gasteiger partial charge in [0.1, 0.15) is 84.9 Å². The number of benzene rings is 2. The number of phenolic OH excluding ortho intramolecular Hbond substituents is 1. The highest BCUT2D eigenvalue weighted by Crippen LogP contribution is 2.21. The second kappa shape index (κ2) is 63.0. The molecule has 0 radical (unpaired) electrons. The molecule has 30 N–H and O–H groups in total. The fraction of sp³-hybridized carbons (Fsp3) is 0.584. The number of H-pyrrole nitrogens is 2. The highest BCUT2D eigenvalue weighted by atomic mass is 32.2. The molecular weight excluding hydrogens is 1840 g/mol. The van der Waals surface area contributed by atoms with E-state index in [1.165, 1.54) is 55.5 Å². The van der Waals surface area contributed by atoms with Gasteiger partial charge in [0.05, 0.1) is 64.6 Å². The molecule has 139 heavy (non-hydrogen) atoms. The first-order valence-corrected chi connectivity index (χ1v) is 47.4. The minimum Gasteiger partial charge on any atom is -0.508 e. The van der Waals surface area contributed by atoms with Crippen molar-refractivity contribution >= 4 is 141 Å². The first kappa shape index (κ1) is 116. The standard InChI is InChI=1S/C89H137N25O24S/c1-50(2)39-64(85(132)108-59(77(92)124)28-38-139-6)110-87(134)67(42-55-45-95-49-102-55)107-73(120)47-101-88(135)76(51(3)4)114-78(125)52(5)103-84(131)66(41-54-44-99-58-16-10-9-15-57(54)58)112-83(130)63(24-26-69(91)116)104-71(118)19-8-7-12-30-96-70(117)27-25-62(106-74(121)48-138-37-36-137-35-34-136-33-29-90)79(126)97-31-13-11-17-61-82(129)111-65(40-53-20-22-56(115)23-21-53)86(133)113-68(43-75(122)123)80(127)100-46-72(119)105-60(81(128)109-61)18-14-32-98-89(93)94/h9-10,15-16,20-23,44-45,49-52,59-68,76,99,115H,7-8,11-14,17-19,24-43,46-48,90H2,1-6H3,(H2,91,116)(H2,92,124)(H,95,102)(H,96,117)(H,97,126)(H,100,127)(H,101,135)(H,103,131)(H,104,118)(H,105,119)(H,106,121)(H,107,120)(H,108,132)(H,109,128)(H,110,134)(H,111,129)(H,112,130)(H,113,133)(H,114,125)(H,122,123)(H4,93,94,98)/t52-,59+,60+,61+,62-,63-,64-,65-,66+,67+,68+,76+/m0/s1. The van der Waals surface area contributed by atoms with Crippen molar-refractivity contribution < 1.29 is 116 Å². The van der Waals surface area contributed by atoms with E-state index >= 15 is 0 Å². The Morgan fingerprint density at radius 1 is 0.532 bits per heavy atom. The lowest BCUT2D eigenvalue weighted by Gasteiger charge is -2.26. The van der Waals surface area contributed by atoms with Crippen LogP contribution in [-0.4, -0.2) is 307 Å². The lowest BCUT2D eigenvalue weighted by molar-refractivity contribution is -0.141. The van der Waals surface area contributed by atoms with E-state index < -0.39 is 217 Å². The smallest absolute Gasteiger partial charge is 0.305 e. The van der Waals surface area contributed by atoms with Crippen molar-refractivity contribution in [2.75, 3.05) is 90.9 Å². The van der Waals surface area contributed by atoms with Gasteiger partial charge in [-0.1, -0.05) is 64.4 Å². The number of nitrogens with zero attached hydrogens (tertiary/aromatic N) is 1. The summed E-state index contributed by atoms with van der Waals surface area (Å²) < 4.78 is 16.2. The zero-order valence-electron chi connectivity index (χ0n) is 79.1. The summed E-state index contributed by atoms with van der Waals surface area (Å²) in [6.45, 7) is 7.39. The third-order valence-corrected chi connectivity index (χ3v) is 22.2. The van der Waals surface area contributed by atoms with E-state index in [1.54, 1.807) is 44.3 Å².